The Kier molecular flexibility index (Phi) is 5.20. The Morgan fingerprint density at radius 1 is 1.26 bits per heavy atom. The van der Waals surface area contributed by atoms with Crippen LogP contribution < -0.4 is 0 Å². The van der Waals surface area contributed by atoms with Gasteiger partial charge in [0.2, 0.25) is 0 Å². The van der Waals surface area contributed by atoms with E-state index in [1.54, 1.807) is 25.7 Å². The first-order valence-corrected chi connectivity index (χ1v) is 8.22. The van der Waals surface area contributed by atoms with E-state index in [-0.39, 0.29) is 19.0 Å². The Morgan fingerprint density at radius 3 is 2.48 bits per heavy atom. The molecule has 7 nitrogen and oxygen atoms in total. The topological polar surface area (TPSA) is 79.3 Å². The molecule has 0 aromatic rings. The lowest BCUT2D eigenvalue weighted by Gasteiger charge is -2.46. The summed E-state index contributed by atoms with van der Waals surface area (Å²) < 4.78 is 10.6. The van der Waals surface area contributed by atoms with Crippen LogP contribution >= 0.6 is 0 Å². The van der Waals surface area contributed by atoms with Gasteiger partial charge in [-0.25, -0.2) is 4.79 Å². The molecule has 0 aromatic heterocycles. The van der Waals surface area contributed by atoms with Crippen LogP contribution in [0.2, 0.25) is 0 Å². The molecule has 0 aliphatic carbocycles. The molecule has 1 atom stereocenters. The van der Waals surface area contributed by atoms with E-state index >= 15 is 0 Å². The second-order valence-corrected chi connectivity index (χ2v) is 7.43. The number of rotatable bonds is 4. The zero-order valence-corrected chi connectivity index (χ0v) is 14.5. The predicted molar refractivity (Wildman–Crippen MR) is 83.9 cm³/mol. The van der Waals surface area contributed by atoms with Gasteiger partial charge in [0.15, 0.2) is 5.60 Å². The normalized spacial score (nSPS) is 23.6. The summed E-state index contributed by atoms with van der Waals surface area (Å²) in [6, 6.07) is 0. The van der Waals surface area contributed by atoms with Gasteiger partial charge in [-0.15, -0.1) is 0 Å². The molecule has 2 heterocycles. The van der Waals surface area contributed by atoms with Gasteiger partial charge in [-0.2, -0.15) is 0 Å². The molecule has 0 spiro atoms. The fourth-order valence-corrected chi connectivity index (χ4v) is 2.91. The highest BCUT2D eigenvalue weighted by molar-refractivity contribution is 5.89. The first-order valence-electron chi connectivity index (χ1n) is 8.22. The van der Waals surface area contributed by atoms with Gasteiger partial charge >= 0.3 is 6.09 Å². The van der Waals surface area contributed by atoms with Crippen molar-refractivity contribution in [3.8, 4) is 0 Å². The number of carbonyl (C=O) groups excluding carboxylic acids is 2. The minimum Gasteiger partial charge on any atom is -0.444 e. The molecule has 23 heavy (non-hydrogen) atoms. The SMILES string of the molecule is CCOC[C@@H]1CCN(C(=O)C2(O)CN(C(=O)OC(C)(C)C)C2)C1. The van der Waals surface area contributed by atoms with E-state index in [2.05, 4.69) is 0 Å². The maximum Gasteiger partial charge on any atom is 0.410 e. The fraction of sp³-hybridized carbons (Fsp3) is 0.875. The molecule has 2 aliphatic rings. The van der Waals surface area contributed by atoms with Crippen LogP contribution in [0.3, 0.4) is 0 Å². The number of hydrogen-bond acceptors (Lipinski definition) is 5. The highest BCUT2D eigenvalue weighted by atomic mass is 16.6. The maximum atomic E-state index is 12.5. The Balaban J connectivity index is 1.82. The highest BCUT2D eigenvalue weighted by Crippen LogP contribution is 2.28. The molecule has 7 heteroatoms. The summed E-state index contributed by atoms with van der Waals surface area (Å²) in [5.74, 6) is 0.0286. The van der Waals surface area contributed by atoms with Crippen LogP contribution in [0.25, 0.3) is 0 Å². The summed E-state index contributed by atoms with van der Waals surface area (Å²) >= 11 is 0. The van der Waals surface area contributed by atoms with E-state index < -0.39 is 17.3 Å². The first-order chi connectivity index (χ1) is 10.6. The zero-order valence-electron chi connectivity index (χ0n) is 14.5. The summed E-state index contributed by atoms with van der Waals surface area (Å²) in [5, 5.41) is 10.4. The van der Waals surface area contributed by atoms with Crippen molar-refractivity contribution >= 4 is 12.0 Å². The zero-order chi connectivity index (χ0) is 17.3. The van der Waals surface area contributed by atoms with Crippen molar-refractivity contribution in [2.75, 3.05) is 39.4 Å². The second kappa shape index (κ2) is 6.65. The quantitative estimate of drug-likeness (QED) is 0.828. The number of amides is 2. The Bertz CT molecular complexity index is 454. The monoisotopic (exact) mass is 328 g/mol. The number of ether oxygens (including phenoxy) is 2. The standard InChI is InChI=1S/C16H28N2O5/c1-5-22-9-12-6-7-17(8-12)13(19)16(21)10-18(11-16)14(20)23-15(2,3)4/h12,21H,5-11H2,1-4H3/t12-/m1/s1. The van der Waals surface area contributed by atoms with Crippen LogP contribution in [0.4, 0.5) is 4.79 Å². The van der Waals surface area contributed by atoms with Gasteiger partial charge < -0.3 is 24.4 Å². The third-order valence-corrected chi connectivity index (χ3v) is 4.09. The average Bonchev–Trinajstić information content (AvgIpc) is 2.87. The van der Waals surface area contributed by atoms with Crippen LogP contribution in [0.15, 0.2) is 0 Å². The molecule has 0 unspecified atom stereocenters. The Labute approximate surface area is 137 Å². The number of hydrogen-bond donors (Lipinski definition) is 1. The van der Waals surface area contributed by atoms with Gasteiger partial charge in [0.05, 0.1) is 19.7 Å². The third kappa shape index (κ3) is 4.35. The van der Waals surface area contributed by atoms with Crippen LogP contribution in [-0.4, -0.2) is 77.5 Å². The number of nitrogens with zero attached hydrogens (tertiary/aromatic N) is 2. The summed E-state index contributed by atoms with van der Waals surface area (Å²) in [6.45, 7) is 9.82. The van der Waals surface area contributed by atoms with Crippen LogP contribution in [0, 0.1) is 5.92 Å². The molecule has 0 radical (unpaired) electrons. The summed E-state index contributed by atoms with van der Waals surface area (Å²) in [6.07, 6.45) is 0.392. The van der Waals surface area contributed by atoms with Gasteiger partial charge in [0, 0.05) is 25.6 Å². The van der Waals surface area contributed by atoms with Crippen molar-refractivity contribution in [3.63, 3.8) is 0 Å². The molecule has 2 aliphatic heterocycles. The molecule has 2 saturated heterocycles. The summed E-state index contributed by atoms with van der Waals surface area (Å²) in [4.78, 5) is 27.4. The molecule has 0 saturated carbocycles. The number of carbonyl (C=O) groups is 2. The number of β-amino-alcohol motifs (C(OH)–C–C–N with tert-alkyl or cyclic N) is 1. The van der Waals surface area contributed by atoms with E-state index in [4.69, 9.17) is 9.47 Å². The Hall–Kier alpha value is -1.34. The van der Waals surface area contributed by atoms with E-state index in [0.717, 1.165) is 6.42 Å². The van der Waals surface area contributed by atoms with Gasteiger partial charge in [-0.3, -0.25) is 4.79 Å². The van der Waals surface area contributed by atoms with Crippen LogP contribution in [0.5, 0.6) is 0 Å². The first kappa shape index (κ1) is 18.0. The van der Waals surface area contributed by atoms with Crippen LogP contribution in [-0.2, 0) is 14.3 Å². The summed E-state index contributed by atoms with van der Waals surface area (Å²) in [7, 11) is 0. The maximum absolute atomic E-state index is 12.5. The highest BCUT2D eigenvalue weighted by Gasteiger charge is 2.53. The minimum atomic E-state index is -1.47. The van der Waals surface area contributed by atoms with Crippen molar-refractivity contribution in [1.82, 2.24) is 9.80 Å². The molecule has 2 rings (SSSR count). The van der Waals surface area contributed by atoms with Gasteiger partial charge in [0.1, 0.15) is 5.60 Å². The van der Waals surface area contributed by atoms with Crippen molar-refractivity contribution in [2.45, 2.75) is 45.3 Å². The molecular weight excluding hydrogens is 300 g/mol. The van der Waals surface area contributed by atoms with Crippen molar-refractivity contribution < 1.29 is 24.2 Å². The third-order valence-electron chi connectivity index (χ3n) is 4.09. The molecule has 2 amide bonds. The van der Waals surface area contributed by atoms with Crippen molar-refractivity contribution in [2.24, 2.45) is 5.92 Å². The van der Waals surface area contributed by atoms with Crippen LogP contribution in [0.1, 0.15) is 34.1 Å². The van der Waals surface area contributed by atoms with E-state index in [1.165, 1.54) is 4.90 Å². The van der Waals surface area contributed by atoms with Gasteiger partial charge in [-0.05, 0) is 34.1 Å². The lowest BCUT2D eigenvalue weighted by molar-refractivity contribution is -0.167. The molecule has 0 aromatic carbocycles. The smallest absolute Gasteiger partial charge is 0.410 e. The van der Waals surface area contributed by atoms with Crippen molar-refractivity contribution in [3.05, 3.63) is 0 Å². The predicted octanol–water partition coefficient (Wildman–Crippen LogP) is 0.853. The summed E-state index contributed by atoms with van der Waals surface area (Å²) in [5.41, 5.74) is -2.06. The average molecular weight is 328 g/mol. The fourth-order valence-electron chi connectivity index (χ4n) is 2.91. The number of likely N-dealkylation sites (tertiary alicyclic amines) is 2. The number of aliphatic hydroxyl groups is 1. The van der Waals surface area contributed by atoms with Gasteiger partial charge in [0.25, 0.3) is 5.91 Å². The largest absolute Gasteiger partial charge is 0.444 e. The molecule has 2 fully saturated rings. The molecule has 0 bridgehead atoms. The Morgan fingerprint density at radius 2 is 1.91 bits per heavy atom. The molecular formula is C16H28N2O5. The van der Waals surface area contributed by atoms with E-state index in [9.17, 15) is 14.7 Å². The second-order valence-electron chi connectivity index (χ2n) is 7.43. The van der Waals surface area contributed by atoms with E-state index in [0.29, 0.717) is 32.2 Å². The molecule has 132 valence electrons. The minimum absolute atomic E-state index is 0.00657. The van der Waals surface area contributed by atoms with E-state index in [1.807, 2.05) is 6.92 Å². The van der Waals surface area contributed by atoms with Crippen molar-refractivity contribution in [1.29, 1.82) is 0 Å². The van der Waals surface area contributed by atoms with Gasteiger partial charge in [-0.1, -0.05) is 0 Å². The lowest BCUT2D eigenvalue weighted by Crippen LogP contribution is -2.70. The lowest BCUT2D eigenvalue weighted by atomic mass is 9.93. The molecule has 1 N–H and O–H groups in total.